The number of aliphatic imine (C=N–C) groups is 1. The Labute approximate surface area is 131 Å². The Hall–Kier alpha value is -2.11. The van der Waals surface area contributed by atoms with E-state index in [-0.39, 0.29) is 5.91 Å². The smallest absolute Gasteiger partial charge is 0.242 e. The molecule has 1 aliphatic carbocycles. The van der Waals surface area contributed by atoms with E-state index in [1.165, 1.54) is 18.4 Å². The topological polar surface area (TPSA) is 60.8 Å². The van der Waals surface area contributed by atoms with Crippen molar-refractivity contribution in [1.29, 1.82) is 0 Å². The monoisotopic (exact) mass is 301 g/mol. The summed E-state index contributed by atoms with van der Waals surface area (Å²) in [7, 11) is 1.77. The van der Waals surface area contributed by atoms with Crippen molar-refractivity contribution >= 4 is 11.9 Å². The number of pyridine rings is 1. The molecule has 2 aliphatic rings. The summed E-state index contributed by atoms with van der Waals surface area (Å²) < 4.78 is 0. The fourth-order valence-electron chi connectivity index (χ4n) is 2.84. The van der Waals surface area contributed by atoms with Gasteiger partial charge in [0.15, 0.2) is 5.96 Å². The molecule has 0 radical (unpaired) electrons. The molecule has 3 rings (SSSR count). The lowest BCUT2D eigenvalue weighted by atomic mass is 10.2. The van der Waals surface area contributed by atoms with Crippen molar-refractivity contribution in [2.75, 3.05) is 33.2 Å². The molecule has 0 bridgehead atoms. The molecule has 1 saturated carbocycles. The number of carbonyl (C=O) groups is 1. The van der Waals surface area contributed by atoms with Crippen LogP contribution in [-0.2, 0) is 11.2 Å². The first kappa shape index (κ1) is 14.8. The van der Waals surface area contributed by atoms with Gasteiger partial charge in [-0.15, -0.1) is 0 Å². The fourth-order valence-corrected chi connectivity index (χ4v) is 2.84. The van der Waals surface area contributed by atoms with E-state index in [0.717, 1.165) is 32.0 Å². The highest BCUT2D eigenvalue weighted by Gasteiger charge is 2.36. The van der Waals surface area contributed by atoms with Crippen molar-refractivity contribution in [3.63, 3.8) is 0 Å². The van der Waals surface area contributed by atoms with Crippen LogP contribution >= 0.6 is 0 Å². The zero-order valence-electron chi connectivity index (χ0n) is 13.0. The van der Waals surface area contributed by atoms with Gasteiger partial charge in [0.25, 0.3) is 0 Å². The van der Waals surface area contributed by atoms with Crippen molar-refractivity contribution < 1.29 is 4.79 Å². The van der Waals surface area contributed by atoms with E-state index in [0.29, 0.717) is 12.6 Å². The Kier molecular flexibility index (Phi) is 4.56. The number of piperazine rings is 1. The van der Waals surface area contributed by atoms with Gasteiger partial charge in [-0.25, -0.2) is 0 Å². The SMILES string of the molecule is CN=C(NCCc1ccncc1)N1CCN(C2CC2)C(=O)C1. The zero-order chi connectivity index (χ0) is 15.4. The Balaban J connectivity index is 1.48. The summed E-state index contributed by atoms with van der Waals surface area (Å²) in [5.41, 5.74) is 1.24. The van der Waals surface area contributed by atoms with Crippen molar-refractivity contribution in [2.45, 2.75) is 25.3 Å². The summed E-state index contributed by atoms with van der Waals surface area (Å²) in [5.74, 6) is 1.05. The zero-order valence-corrected chi connectivity index (χ0v) is 13.0. The largest absolute Gasteiger partial charge is 0.356 e. The van der Waals surface area contributed by atoms with E-state index in [9.17, 15) is 4.79 Å². The molecule has 2 heterocycles. The molecule has 1 amide bonds. The van der Waals surface area contributed by atoms with Gasteiger partial charge >= 0.3 is 0 Å². The van der Waals surface area contributed by atoms with Crippen molar-refractivity contribution in [1.82, 2.24) is 20.1 Å². The number of hydrogen-bond donors (Lipinski definition) is 1. The minimum atomic E-state index is 0.228. The minimum Gasteiger partial charge on any atom is -0.356 e. The lowest BCUT2D eigenvalue weighted by Gasteiger charge is -2.36. The predicted octanol–water partition coefficient (Wildman–Crippen LogP) is 0.506. The van der Waals surface area contributed by atoms with Crippen LogP contribution in [0.1, 0.15) is 18.4 Å². The first-order valence-corrected chi connectivity index (χ1v) is 7.92. The fraction of sp³-hybridized carbons (Fsp3) is 0.562. The number of aromatic nitrogens is 1. The van der Waals surface area contributed by atoms with Crippen LogP contribution in [0.15, 0.2) is 29.5 Å². The van der Waals surface area contributed by atoms with Gasteiger partial charge in [0.2, 0.25) is 5.91 Å². The molecular formula is C16H23N5O. The molecule has 0 unspecified atom stereocenters. The van der Waals surface area contributed by atoms with Crippen LogP contribution in [-0.4, -0.2) is 65.9 Å². The number of hydrogen-bond acceptors (Lipinski definition) is 3. The average molecular weight is 301 g/mol. The van der Waals surface area contributed by atoms with Gasteiger partial charge in [0.1, 0.15) is 0 Å². The summed E-state index contributed by atoms with van der Waals surface area (Å²) >= 11 is 0. The summed E-state index contributed by atoms with van der Waals surface area (Å²) in [6.07, 6.45) is 6.87. The van der Waals surface area contributed by atoms with E-state index < -0.39 is 0 Å². The molecule has 118 valence electrons. The van der Waals surface area contributed by atoms with Gasteiger partial charge in [-0.05, 0) is 37.0 Å². The second kappa shape index (κ2) is 6.77. The maximum atomic E-state index is 12.2. The summed E-state index contributed by atoms with van der Waals surface area (Å²) in [6, 6.07) is 4.54. The number of rotatable bonds is 4. The number of carbonyl (C=O) groups excluding carboxylic acids is 1. The Morgan fingerprint density at radius 2 is 2.14 bits per heavy atom. The summed E-state index contributed by atoms with van der Waals surface area (Å²) in [4.78, 5) is 24.6. The quantitative estimate of drug-likeness (QED) is 0.650. The minimum absolute atomic E-state index is 0.228. The maximum Gasteiger partial charge on any atom is 0.242 e. The highest BCUT2D eigenvalue weighted by molar-refractivity contribution is 5.87. The normalized spacial score (nSPS) is 19.5. The Morgan fingerprint density at radius 3 is 2.77 bits per heavy atom. The van der Waals surface area contributed by atoms with E-state index >= 15 is 0 Å². The highest BCUT2D eigenvalue weighted by Crippen LogP contribution is 2.27. The van der Waals surface area contributed by atoms with Crippen LogP contribution < -0.4 is 5.32 Å². The van der Waals surface area contributed by atoms with Crippen LogP contribution in [0.3, 0.4) is 0 Å². The second-order valence-corrected chi connectivity index (χ2v) is 5.82. The lowest BCUT2D eigenvalue weighted by molar-refractivity contribution is -0.135. The molecule has 0 spiro atoms. The molecule has 0 aromatic carbocycles. The average Bonchev–Trinajstić information content (AvgIpc) is 3.37. The third-order valence-electron chi connectivity index (χ3n) is 4.20. The van der Waals surface area contributed by atoms with Gasteiger partial charge in [-0.3, -0.25) is 14.8 Å². The van der Waals surface area contributed by atoms with Crippen molar-refractivity contribution in [3.05, 3.63) is 30.1 Å². The molecular weight excluding hydrogens is 278 g/mol. The number of guanidine groups is 1. The van der Waals surface area contributed by atoms with Gasteiger partial charge in [0, 0.05) is 45.1 Å². The van der Waals surface area contributed by atoms with Crippen LogP contribution in [0.5, 0.6) is 0 Å². The number of nitrogens with one attached hydrogen (secondary N) is 1. The van der Waals surface area contributed by atoms with Gasteiger partial charge < -0.3 is 15.1 Å². The van der Waals surface area contributed by atoms with E-state index in [2.05, 4.69) is 15.3 Å². The van der Waals surface area contributed by atoms with Crippen molar-refractivity contribution in [3.8, 4) is 0 Å². The first-order valence-electron chi connectivity index (χ1n) is 7.92. The molecule has 1 aromatic rings. The molecule has 1 N–H and O–H groups in total. The number of nitrogens with zero attached hydrogens (tertiary/aromatic N) is 4. The standard InChI is InChI=1S/C16H23N5O/c1-17-16(19-9-6-13-4-7-18-8-5-13)20-10-11-21(14-2-3-14)15(22)12-20/h4-5,7-8,14H,2-3,6,9-12H2,1H3,(H,17,19). The molecule has 2 fully saturated rings. The van der Waals surface area contributed by atoms with Gasteiger partial charge in [-0.2, -0.15) is 0 Å². The predicted molar refractivity (Wildman–Crippen MR) is 85.6 cm³/mol. The maximum absolute atomic E-state index is 12.2. The van der Waals surface area contributed by atoms with Crippen LogP contribution in [0.25, 0.3) is 0 Å². The van der Waals surface area contributed by atoms with Crippen LogP contribution in [0, 0.1) is 0 Å². The highest BCUT2D eigenvalue weighted by atomic mass is 16.2. The molecule has 1 saturated heterocycles. The summed E-state index contributed by atoms with van der Waals surface area (Å²) in [5, 5.41) is 3.35. The summed E-state index contributed by atoms with van der Waals surface area (Å²) in [6.45, 7) is 2.91. The van der Waals surface area contributed by atoms with Gasteiger partial charge in [-0.1, -0.05) is 0 Å². The second-order valence-electron chi connectivity index (χ2n) is 5.82. The third-order valence-corrected chi connectivity index (χ3v) is 4.20. The van der Waals surface area contributed by atoms with E-state index in [1.54, 1.807) is 19.4 Å². The van der Waals surface area contributed by atoms with Gasteiger partial charge in [0.05, 0.1) is 6.54 Å². The van der Waals surface area contributed by atoms with Crippen LogP contribution in [0.4, 0.5) is 0 Å². The first-order chi connectivity index (χ1) is 10.8. The van der Waals surface area contributed by atoms with E-state index in [1.807, 2.05) is 21.9 Å². The molecule has 22 heavy (non-hydrogen) atoms. The Morgan fingerprint density at radius 1 is 1.36 bits per heavy atom. The molecule has 1 aliphatic heterocycles. The molecule has 0 atom stereocenters. The lowest BCUT2D eigenvalue weighted by Crippen LogP contribution is -2.55. The third kappa shape index (κ3) is 3.55. The molecule has 1 aromatic heterocycles. The molecule has 6 heteroatoms. The Bertz CT molecular complexity index is 541. The number of amides is 1. The van der Waals surface area contributed by atoms with Crippen molar-refractivity contribution in [2.24, 2.45) is 4.99 Å². The van der Waals surface area contributed by atoms with Crippen LogP contribution in [0.2, 0.25) is 0 Å². The molecule has 6 nitrogen and oxygen atoms in total. The van der Waals surface area contributed by atoms with E-state index in [4.69, 9.17) is 0 Å².